The molecule has 6 rings (SSSR count). The molecular weight excluding hydrogens is 476 g/mol. The van der Waals surface area contributed by atoms with Gasteiger partial charge in [-0.3, -0.25) is 14.4 Å². The van der Waals surface area contributed by atoms with Gasteiger partial charge in [0.1, 0.15) is 18.0 Å². The number of fused-ring (bicyclic) bond motifs is 2. The Kier molecular flexibility index (Phi) is 6.73. The molecular formula is C29H28N8O. The highest BCUT2D eigenvalue weighted by atomic mass is 16.1. The lowest BCUT2D eigenvalue weighted by atomic mass is 10.2. The number of aromatic nitrogens is 5. The van der Waals surface area contributed by atoms with Crippen molar-refractivity contribution < 1.29 is 4.79 Å². The third-order valence-corrected chi connectivity index (χ3v) is 6.68. The molecule has 4 heterocycles. The molecule has 0 aliphatic carbocycles. The van der Waals surface area contributed by atoms with Gasteiger partial charge in [0.15, 0.2) is 0 Å². The lowest BCUT2D eigenvalue weighted by Gasteiger charge is -2.11. The van der Waals surface area contributed by atoms with E-state index in [0.717, 1.165) is 41.6 Å². The van der Waals surface area contributed by atoms with Gasteiger partial charge in [0.25, 0.3) is 0 Å². The molecule has 0 bridgehead atoms. The summed E-state index contributed by atoms with van der Waals surface area (Å²) in [6, 6.07) is 18.2. The van der Waals surface area contributed by atoms with Crippen LogP contribution in [0.25, 0.3) is 21.8 Å². The third-order valence-electron chi connectivity index (χ3n) is 6.68. The summed E-state index contributed by atoms with van der Waals surface area (Å²) in [4.78, 5) is 27.9. The summed E-state index contributed by atoms with van der Waals surface area (Å²) in [5.41, 5.74) is 3.82. The van der Waals surface area contributed by atoms with Gasteiger partial charge in [-0.05, 0) is 55.8 Å². The number of nitrogens with one attached hydrogen (secondary N) is 2. The molecule has 9 heteroatoms. The van der Waals surface area contributed by atoms with E-state index in [-0.39, 0.29) is 5.91 Å². The van der Waals surface area contributed by atoms with Crippen LogP contribution < -0.4 is 10.6 Å². The van der Waals surface area contributed by atoms with Crippen LogP contribution in [0.4, 0.5) is 17.3 Å². The van der Waals surface area contributed by atoms with Gasteiger partial charge in [0, 0.05) is 29.1 Å². The van der Waals surface area contributed by atoms with Gasteiger partial charge in [-0.25, -0.2) is 15.0 Å². The van der Waals surface area contributed by atoms with Crippen LogP contribution in [-0.2, 0) is 11.3 Å². The lowest BCUT2D eigenvalue weighted by molar-refractivity contribution is -0.111. The highest BCUT2D eigenvalue weighted by molar-refractivity contribution is 6.00. The molecule has 1 saturated heterocycles. The summed E-state index contributed by atoms with van der Waals surface area (Å²) in [6.07, 6.45) is 10.9. The van der Waals surface area contributed by atoms with E-state index in [2.05, 4.69) is 53.8 Å². The maximum Gasteiger partial charge on any atom is 0.249 e. The monoisotopic (exact) mass is 504 g/mol. The number of hydrogen-bond donors (Lipinski definition) is 2. The van der Waals surface area contributed by atoms with Crippen LogP contribution in [0.15, 0.2) is 85.5 Å². The Hall–Kier alpha value is -4.63. The average molecular weight is 505 g/mol. The first kappa shape index (κ1) is 23.7. The largest absolute Gasteiger partial charge is 0.340 e. The van der Waals surface area contributed by atoms with Crippen molar-refractivity contribution >= 4 is 45.0 Å². The van der Waals surface area contributed by atoms with Crippen LogP contribution in [-0.4, -0.2) is 55.2 Å². The van der Waals surface area contributed by atoms with E-state index in [4.69, 9.17) is 0 Å². The summed E-state index contributed by atoms with van der Waals surface area (Å²) < 4.78 is 1.99. The maximum absolute atomic E-state index is 12.4. The molecule has 190 valence electrons. The molecule has 2 N–H and O–H groups in total. The van der Waals surface area contributed by atoms with E-state index >= 15 is 0 Å². The van der Waals surface area contributed by atoms with Crippen molar-refractivity contribution in [3.8, 4) is 0 Å². The van der Waals surface area contributed by atoms with Crippen LogP contribution in [0.5, 0.6) is 0 Å². The number of hydrogen-bond acceptors (Lipinski definition) is 7. The summed E-state index contributed by atoms with van der Waals surface area (Å²) >= 11 is 0. The number of rotatable bonds is 8. The standard InChI is InChI=1S/C29H28N8O/c38-28(9-6-14-36-12-4-5-13-36)35-27-16-24-25(18-30-27)31-20-32-29(24)34-23-10-11-26-22(15-23)17-33-37(26)19-21-7-2-1-3-8-21/h1-3,6-11,15-18,20H,4-5,12-14,19H2,(H,30,35,38)(H,31,32,34)/b9-6+. The van der Waals surface area contributed by atoms with Crippen molar-refractivity contribution in [2.24, 2.45) is 0 Å². The van der Waals surface area contributed by atoms with Crippen molar-refractivity contribution in [2.75, 3.05) is 30.3 Å². The highest BCUT2D eigenvalue weighted by Gasteiger charge is 2.11. The van der Waals surface area contributed by atoms with Crippen LogP contribution in [0.2, 0.25) is 0 Å². The number of nitrogens with zero attached hydrogens (tertiary/aromatic N) is 6. The summed E-state index contributed by atoms with van der Waals surface area (Å²) in [5, 5.41) is 12.6. The fraction of sp³-hybridized carbons (Fsp3) is 0.207. The number of carbonyl (C=O) groups is 1. The molecule has 2 aromatic carbocycles. The number of anilines is 3. The molecule has 1 amide bonds. The fourth-order valence-electron chi connectivity index (χ4n) is 4.75. The van der Waals surface area contributed by atoms with Crippen LogP contribution in [0.1, 0.15) is 18.4 Å². The zero-order chi connectivity index (χ0) is 25.7. The zero-order valence-electron chi connectivity index (χ0n) is 20.9. The van der Waals surface area contributed by atoms with Crippen molar-refractivity contribution in [1.29, 1.82) is 0 Å². The first-order valence-corrected chi connectivity index (χ1v) is 12.8. The van der Waals surface area contributed by atoms with E-state index in [1.165, 1.54) is 24.7 Å². The normalized spacial score (nSPS) is 14.0. The van der Waals surface area contributed by atoms with Crippen LogP contribution >= 0.6 is 0 Å². The summed E-state index contributed by atoms with van der Waals surface area (Å²) in [6.45, 7) is 3.69. The Morgan fingerprint density at radius 2 is 1.84 bits per heavy atom. The van der Waals surface area contributed by atoms with E-state index in [0.29, 0.717) is 23.7 Å². The lowest BCUT2D eigenvalue weighted by Crippen LogP contribution is -2.19. The van der Waals surface area contributed by atoms with E-state index < -0.39 is 0 Å². The maximum atomic E-state index is 12.4. The first-order chi connectivity index (χ1) is 18.7. The van der Waals surface area contributed by atoms with Gasteiger partial charge in [-0.2, -0.15) is 5.10 Å². The second-order valence-corrected chi connectivity index (χ2v) is 9.39. The molecule has 0 saturated carbocycles. The Morgan fingerprint density at radius 1 is 0.974 bits per heavy atom. The second-order valence-electron chi connectivity index (χ2n) is 9.39. The van der Waals surface area contributed by atoms with Crippen LogP contribution in [0, 0.1) is 0 Å². The number of carbonyl (C=O) groups excluding carboxylic acids is 1. The second kappa shape index (κ2) is 10.8. The highest BCUT2D eigenvalue weighted by Crippen LogP contribution is 2.27. The fourth-order valence-corrected chi connectivity index (χ4v) is 4.75. The Balaban J connectivity index is 1.18. The summed E-state index contributed by atoms with van der Waals surface area (Å²) in [5.74, 6) is 0.873. The van der Waals surface area contributed by atoms with E-state index in [1.54, 1.807) is 18.3 Å². The number of amides is 1. The van der Waals surface area contributed by atoms with Crippen molar-refractivity contribution in [3.63, 3.8) is 0 Å². The molecule has 1 fully saturated rings. The minimum Gasteiger partial charge on any atom is -0.340 e. The smallest absolute Gasteiger partial charge is 0.249 e. The minimum absolute atomic E-state index is 0.208. The zero-order valence-corrected chi connectivity index (χ0v) is 20.9. The molecule has 3 aromatic heterocycles. The Bertz CT molecular complexity index is 1610. The molecule has 1 aliphatic rings. The van der Waals surface area contributed by atoms with E-state index in [1.807, 2.05) is 47.3 Å². The molecule has 5 aromatic rings. The molecule has 0 spiro atoms. The van der Waals surface area contributed by atoms with Crippen molar-refractivity contribution in [3.05, 3.63) is 91.0 Å². The van der Waals surface area contributed by atoms with Gasteiger partial charge in [0.2, 0.25) is 5.91 Å². The molecule has 1 aliphatic heterocycles. The van der Waals surface area contributed by atoms with Gasteiger partial charge in [0.05, 0.1) is 30.0 Å². The topological polar surface area (TPSA) is 101 Å². The molecule has 0 unspecified atom stereocenters. The van der Waals surface area contributed by atoms with Crippen molar-refractivity contribution in [1.82, 2.24) is 29.6 Å². The third kappa shape index (κ3) is 5.37. The van der Waals surface area contributed by atoms with Crippen LogP contribution in [0.3, 0.4) is 0 Å². The van der Waals surface area contributed by atoms with E-state index in [9.17, 15) is 4.79 Å². The predicted octanol–water partition coefficient (Wildman–Crippen LogP) is 4.76. The number of benzene rings is 2. The molecule has 0 atom stereocenters. The summed E-state index contributed by atoms with van der Waals surface area (Å²) in [7, 11) is 0. The van der Waals surface area contributed by atoms with Gasteiger partial charge >= 0.3 is 0 Å². The first-order valence-electron chi connectivity index (χ1n) is 12.8. The Labute approximate surface area is 220 Å². The van der Waals surface area contributed by atoms with Gasteiger partial charge in [-0.1, -0.05) is 36.4 Å². The number of pyridine rings is 1. The molecule has 0 radical (unpaired) electrons. The number of likely N-dealkylation sites (tertiary alicyclic amines) is 1. The average Bonchev–Trinajstić information content (AvgIpc) is 3.60. The minimum atomic E-state index is -0.208. The van der Waals surface area contributed by atoms with Crippen molar-refractivity contribution in [2.45, 2.75) is 19.4 Å². The quantitative estimate of drug-likeness (QED) is 0.294. The Morgan fingerprint density at radius 3 is 2.71 bits per heavy atom. The SMILES string of the molecule is O=C(/C=C/CN1CCCC1)Nc1cc2c(Nc3ccc4c(cnn4Cc4ccccc4)c3)ncnc2cn1. The predicted molar refractivity (Wildman–Crippen MR) is 149 cm³/mol. The molecule has 38 heavy (non-hydrogen) atoms. The van der Waals surface area contributed by atoms with Gasteiger partial charge in [-0.15, -0.1) is 0 Å². The van der Waals surface area contributed by atoms with Gasteiger partial charge < -0.3 is 10.6 Å². The molecule has 9 nitrogen and oxygen atoms in total.